The van der Waals surface area contributed by atoms with E-state index in [1.165, 1.54) is 18.2 Å². The first kappa shape index (κ1) is 14.1. The zero-order valence-corrected chi connectivity index (χ0v) is 11.2. The smallest absolute Gasteiger partial charge is 0.177 e. The Kier molecular flexibility index (Phi) is 4.31. The van der Waals surface area contributed by atoms with Gasteiger partial charge < -0.3 is 4.74 Å². The molecule has 0 aliphatic carbocycles. The van der Waals surface area contributed by atoms with Gasteiger partial charge in [0.25, 0.3) is 0 Å². The van der Waals surface area contributed by atoms with Crippen LogP contribution in [-0.2, 0) is 14.6 Å². The van der Waals surface area contributed by atoms with Crippen molar-refractivity contribution < 1.29 is 22.3 Å². The maximum Gasteiger partial charge on any atom is 0.177 e. The van der Waals surface area contributed by atoms with Gasteiger partial charge in [0.05, 0.1) is 11.9 Å². The Morgan fingerprint density at radius 3 is 2.84 bits per heavy atom. The molecule has 1 heterocycles. The van der Waals surface area contributed by atoms with Gasteiger partial charge in [-0.3, -0.25) is 4.79 Å². The van der Waals surface area contributed by atoms with Crippen LogP contribution in [-0.4, -0.2) is 38.4 Å². The Labute approximate surface area is 111 Å². The summed E-state index contributed by atoms with van der Waals surface area (Å²) in [7, 11) is -3.52. The number of ketones is 1. The van der Waals surface area contributed by atoms with Crippen LogP contribution in [0.1, 0.15) is 23.2 Å². The average Bonchev–Trinajstić information content (AvgIpc) is 2.80. The molecular weight excluding hydrogens is 271 g/mol. The van der Waals surface area contributed by atoms with Crippen molar-refractivity contribution in [3.8, 4) is 0 Å². The highest BCUT2D eigenvalue weighted by atomic mass is 32.2. The van der Waals surface area contributed by atoms with Crippen LogP contribution < -0.4 is 0 Å². The van der Waals surface area contributed by atoms with E-state index < -0.39 is 27.2 Å². The quantitative estimate of drug-likeness (QED) is 0.771. The van der Waals surface area contributed by atoms with E-state index in [1.54, 1.807) is 0 Å². The second-order valence-electron chi connectivity index (χ2n) is 4.62. The molecule has 1 saturated heterocycles. The molecule has 1 aliphatic heterocycles. The van der Waals surface area contributed by atoms with Crippen LogP contribution in [0, 0.1) is 5.82 Å². The minimum absolute atomic E-state index is 0.0796. The van der Waals surface area contributed by atoms with Crippen LogP contribution in [0.5, 0.6) is 0 Å². The second kappa shape index (κ2) is 5.79. The highest BCUT2D eigenvalue weighted by Gasteiger charge is 2.25. The Morgan fingerprint density at radius 1 is 1.42 bits per heavy atom. The van der Waals surface area contributed by atoms with Crippen LogP contribution in [0.4, 0.5) is 4.39 Å². The molecule has 0 aromatic heterocycles. The Balaban J connectivity index is 2.01. The van der Waals surface area contributed by atoms with E-state index in [-0.39, 0.29) is 17.4 Å². The van der Waals surface area contributed by atoms with Crippen molar-refractivity contribution in [3.05, 3.63) is 35.6 Å². The molecule has 0 spiro atoms. The van der Waals surface area contributed by atoms with Crippen molar-refractivity contribution in [1.82, 2.24) is 0 Å². The summed E-state index contributed by atoms with van der Waals surface area (Å²) in [5.74, 6) is -1.88. The van der Waals surface area contributed by atoms with Crippen molar-refractivity contribution >= 4 is 15.6 Å². The molecule has 1 aromatic rings. The largest absolute Gasteiger partial charge is 0.377 e. The van der Waals surface area contributed by atoms with E-state index in [9.17, 15) is 17.6 Å². The lowest BCUT2D eigenvalue weighted by Gasteiger charge is -2.09. The van der Waals surface area contributed by atoms with E-state index >= 15 is 0 Å². The van der Waals surface area contributed by atoms with Crippen molar-refractivity contribution in [2.75, 3.05) is 18.1 Å². The number of Topliss-reactive ketones (excluding diaryl/α,β-unsaturated/α-hetero) is 1. The van der Waals surface area contributed by atoms with E-state index in [4.69, 9.17) is 4.74 Å². The summed E-state index contributed by atoms with van der Waals surface area (Å²) < 4.78 is 41.9. The summed E-state index contributed by atoms with van der Waals surface area (Å²) in [6, 6.07) is 5.05. The summed E-state index contributed by atoms with van der Waals surface area (Å²) >= 11 is 0. The molecule has 0 amide bonds. The van der Waals surface area contributed by atoms with Gasteiger partial charge in [-0.1, -0.05) is 12.1 Å². The number of hydrogen-bond acceptors (Lipinski definition) is 4. The zero-order valence-electron chi connectivity index (χ0n) is 10.3. The maximum atomic E-state index is 13.0. The highest BCUT2D eigenvalue weighted by Crippen LogP contribution is 2.15. The van der Waals surface area contributed by atoms with Gasteiger partial charge in [0.2, 0.25) is 0 Å². The van der Waals surface area contributed by atoms with Crippen molar-refractivity contribution in [1.29, 1.82) is 0 Å². The predicted octanol–water partition coefficient (Wildman–Crippen LogP) is 1.60. The van der Waals surface area contributed by atoms with Gasteiger partial charge >= 0.3 is 0 Å². The van der Waals surface area contributed by atoms with Gasteiger partial charge in [0.1, 0.15) is 11.6 Å². The summed E-state index contributed by atoms with van der Waals surface area (Å²) in [4.78, 5) is 11.8. The van der Waals surface area contributed by atoms with Gasteiger partial charge in [0, 0.05) is 12.2 Å². The van der Waals surface area contributed by atoms with Crippen LogP contribution in [0.3, 0.4) is 0 Å². The summed E-state index contributed by atoms with van der Waals surface area (Å²) in [5.41, 5.74) is 0.0796. The lowest BCUT2D eigenvalue weighted by Crippen LogP contribution is -2.26. The number of hydrogen-bond donors (Lipinski definition) is 0. The Morgan fingerprint density at radius 2 is 2.21 bits per heavy atom. The molecule has 4 nitrogen and oxygen atoms in total. The number of halogens is 1. The normalized spacial score (nSPS) is 19.5. The summed E-state index contributed by atoms with van der Waals surface area (Å²) in [5, 5.41) is 0. The van der Waals surface area contributed by atoms with Gasteiger partial charge in [-0.15, -0.1) is 0 Å². The minimum Gasteiger partial charge on any atom is -0.377 e. The van der Waals surface area contributed by atoms with E-state index in [0.717, 1.165) is 12.5 Å². The molecule has 1 fully saturated rings. The lowest BCUT2D eigenvalue weighted by atomic mass is 10.1. The number of ether oxygens (including phenoxy) is 1. The van der Waals surface area contributed by atoms with E-state index in [1.807, 2.05) is 0 Å². The molecule has 0 N–H and O–H groups in total. The number of rotatable bonds is 5. The topological polar surface area (TPSA) is 60.4 Å². The molecule has 104 valence electrons. The third-order valence-corrected chi connectivity index (χ3v) is 4.54. The Bertz CT molecular complexity index is 562. The third kappa shape index (κ3) is 4.11. The maximum absolute atomic E-state index is 13.0. The Hall–Kier alpha value is -1.27. The van der Waals surface area contributed by atoms with Gasteiger partial charge in [0.15, 0.2) is 15.6 Å². The molecule has 1 aliphatic rings. The molecule has 19 heavy (non-hydrogen) atoms. The number of carbonyl (C=O) groups excluding carboxylic acids is 1. The fraction of sp³-hybridized carbons (Fsp3) is 0.462. The third-order valence-electron chi connectivity index (χ3n) is 2.96. The SMILES string of the molecule is O=C(CS(=O)(=O)CC1CCCO1)c1cccc(F)c1. The molecule has 6 heteroatoms. The van der Waals surface area contributed by atoms with Crippen LogP contribution in [0.25, 0.3) is 0 Å². The van der Waals surface area contributed by atoms with Gasteiger partial charge in [-0.25, -0.2) is 12.8 Å². The number of carbonyl (C=O) groups is 1. The van der Waals surface area contributed by atoms with Crippen LogP contribution in [0.2, 0.25) is 0 Å². The number of sulfone groups is 1. The molecule has 2 rings (SSSR count). The van der Waals surface area contributed by atoms with E-state index in [0.29, 0.717) is 13.0 Å². The predicted molar refractivity (Wildman–Crippen MR) is 68.4 cm³/mol. The molecule has 1 unspecified atom stereocenters. The molecular formula is C13H15FO4S. The van der Waals surface area contributed by atoms with Crippen molar-refractivity contribution in [2.45, 2.75) is 18.9 Å². The molecule has 0 saturated carbocycles. The fourth-order valence-electron chi connectivity index (χ4n) is 2.06. The van der Waals surface area contributed by atoms with Crippen LogP contribution in [0.15, 0.2) is 24.3 Å². The molecule has 0 radical (unpaired) electrons. The molecule has 1 atom stereocenters. The lowest BCUT2D eigenvalue weighted by molar-refractivity contribution is 0.101. The van der Waals surface area contributed by atoms with Crippen molar-refractivity contribution in [2.24, 2.45) is 0 Å². The zero-order chi connectivity index (χ0) is 13.9. The molecule has 1 aromatic carbocycles. The minimum atomic E-state index is -3.52. The fourth-order valence-corrected chi connectivity index (χ4v) is 3.58. The monoisotopic (exact) mass is 286 g/mol. The first-order chi connectivity index (χ1) is 8.96. The molecule has 0 bridgehead atoms. The summed E-state index contributed by atoms with van der Waals surface area (Å²) in [6.07, 6.45) is 1.23. The standard InChI is InChI=1S/C13H15FO4S/c14-11-4-1-3-10(7-11)13(15)9-19(16,17)8-12-5-2-6-18-12/h1,3-4,7,12H,2,5-6,8-9H2. The summed E-state index contributed by atoms with van der Waals surface area (Å²) in [6.45, 7) is 0.567. The number of benzene rings is 1. The first-order valence-electron chi connectivity index (χ1n) is 6.07. The van der Waals surface area contributed by atoms with Gasteiger partial charge in [-0.2, -0.15) is 0 Å². The van der Waals surface area contributed by atoms with E-state index in [2.05, 4.69) is 0 Å². The van der Waals surface area contributed by atoms with Crippen LogP contribution >= 0.6 is 0 Å². The van der Waals surface area contributed by atoms with Gasteiger partial charge in [-0.05, 0) is 25.0 Å². The first-order valence-corrected chi connectivity index (χ1v) is 7.89. The highest BCUT2D eigenvalue weighted by molar-refractivity contribution is 7.92. The second-order valence-corrected chi connectivity index (χ2v) is 6.73. The average molecular weight is 286 g/mol. The van der Waals surface area contributed by atoms with Crippen molar-refractivity contribution in [3.63, 3.8) is 0 Å².